The molecule has 0 radical (unpaired) electrons. The summed E-state index contributed by atoms with van der Waals surface area (Å²) in [6.07, 6.45) is 0.575. The summed E-state index contributed by atoms with van der Waals surface area (Å²) in [4.78, 5) is 14.5. The van der Waals surface area contributed by atoms with Crippen LogP contribution in [0.2, 0.25) is 0 Å². The quantitative estimate of drug-likeness (QED) is 0.897. The first-order valence-corrected chi connectivity index (χ1v) is 8.79. The van der Waals surface area contributed by atoms with E-state index in [4.69, 9.17) is 4.74 Å². The van der Waals surface area contributed by atoms with Gasteiger partial charge in [-0.3, -0.25) is 4.90 Å². The molecule has 1 aliphatic rings. The number of amides is 1. The molecule has 0 bridgehead atoms. The normalized spacial score (nSPS) is 19.5. The van der Waals surface area contributed by atoms with E-state index >= 15 is 0 Å². The molecule has 2 aromatic rings. The molecule has 1 atom stereocenters. The van der Waals surface area contributed by atoms with Crippen molar-refractivity contribution in [1.82, 2.24) is 10.2 Å². The molecule has 1 aliphatic heterocycles. The van der Waals surface area contributed by atoms with Crippen molar-refractivity contribution in [2.75, 3.05) is 6.54 Å². The van der Waals surface area contributed by atoms with Gasteiger partial charge in [-0.05, 0) is 31.4 Å². The second kappa shape index (κ2) is 7.70. The van der Waals surface area contributed by atoms with Crippen LogP contribution < -0.4 is 5.32 Å². The summed E-state index contributed by atoms with van der Waals surface area (Å²) in [5.41, 5.74) is 2.34. The Morgan fingerprint density at radius 2 is 1.68 bits per heavy atom. The first-order chi connectivity index (χ1) is 12.0. The Hall–Kier alpha value is -2.33. The lowest BCUT2D eigenvalue weighted by Crippen LogP contribution is -2.38. The van der Waals surface area contributed by atoms with Gasteiger partial charge in [-0.1, -0.05) is 60.7 Å². The molecule has 25 heavy (non-hydrogen) atoms. The first-order valence-electron chi connectivity index (χ1n) is 8.79. The molecule has 0 aromatic heterocycles. The molecule has 1 saturated heterocycles. The number of benzene rings is 2. The molecule has 1 unspecified atom stereocenters. The van der Waals surface area contributed by atoms with E-state index in [0.29, 0.717) is 6.61 Å². The van der Waals surface area contributed by atoms with Crippen LogP contribution in [0.15, 0.2) is 60.7 Å². The molecular weight excluding hydrogens is 312 g/mol. The van der Waals surface area contributed by atoms with Crippen LogP contribution in [0, 0.1) is 0 Å². The standard InChI is InChI=1S/C21H26N2O2/c1-21(2)13-19(15-23(21)14-17-9-5-3-6-10-17)22-20(24)25-16-18-11-7-4-8-12-18/h3-12,19H,13-16H2,1-2H3,(H,22,24). The topological polar surface area (TPSA) is 41.6 Å². The summed E-state index contributed by atoms with van der Waals surface area (Å²) < 4.78 is 5.34. The summed E-state index contributed by atoms with van der Waals surface area (Å²) in [7, 11) is 0. The van der Waals surface area contributed by atoms with Crippen molar-refractivity contribution in [2.45, 2.75) is 45.0 Å². The zero-order valence-corrected chi connectivity index (χ0v) is 14.9. The fourth-order valence-electron chi connectivity index (χ4n) is 3.42. The molecule has 1 N–H and O–H groups in total. The maximum Gasteiger partial charge on any atom is 0.407 e. The molecular formula is C21H26N2O2. The van der Waals surface area contributed by atoms with Crippen LogP contribution >= 0.6 is 0 Å². The van der Waals surface area contributed by atoms with Gasteiger partial charge in [0.2, 0.25) is 0 Å². The molecule has 132 valence electrons. The number of alkyl carbamates (subject to hydrolysis) is 1. The van der Waals surface area contributed by atoms with Gasteiger partial charge in [0, 0.05) is 24.7 Å². The number of hydrogen-bond donors (Lipinski definition) is 1. The summed E-state index contributed by atoms with van der Waals surface area (Å²) >= 11 is 0. The lowest BCUT2D eigenvalue weighted by Gasteiger charge is -2.31. The first kappa shape index (κ1) is 17.5. The third kappa shape index (κ3) is 4.83. The summed E-state index contributed by atoms with van der Waals surface area (Å²) in [5, 5.41) is 3.02. The predicted octanol–water partition coefficient (Wildman–Crippen LogP) is 3.97. The van der Waals surface area contributed by atoms with Crippen LogP contribution in [-0.2, 0) is 17.9 Å². The number of hydrogen-bond acceptors (Lipinski definition) is 3. The summed E-state index contributed by atoms with van der Waals surface area (Å²) in [5.74, 6) is 0. The third-order valence-corrected chi connectivity index (χ3v) is 4.79. The van der Waals surface area contributed by atoms with E-state index in [2.05, 4.69) is 48.3 Å². The number of carbonyl (C=O) groups excluding carboxylic acids is 1. The minimum Gasteiger partial charge on any atom is -0.445 e. The third-order valence-electron chi connectivity index (χ3n) is 4.79. The molecule has 0 aliphatic carbocycles. The second-order valence-electron chi connectivity index (χ2n) is 7.29. The Bertz CT molecular complexity index is 686. The Morgan fingerprint density at radius 3 is 2.32 bits per heavy atom. The minimum absolute atomic E-state index is 0.0488. The molecule has 4 heteroatoms. The molecule has 0 spiro atoms. The highest BCUT2D eigenvalue weighted by Gasteiger charge is 2.38. The van der Waals surface area contributed by atoms with Gasteiger partial charge in [0.15, 0.2) is 0 Å². The number of ether oxygens (including phenoxy) is 1. The SMILES string of the molecule is CC1(C)CC(NC(=O)OCc2ccccc2)CN1Cc1ccccc1. The smallest absolute Gasteiger partial charge is 0.407 e. The maximum atomic E-state index is 12.1. The predicted molar refractivity (Wildman–Crippen MR) is 99.1 cm³/mol. The van der Waals surface area contributed by atoms with Crippen LogP contribution in [0.4, 0.5) is 4.79 Å². The number of carbonyl (C=O) groups is 1. The highest BCUT2D eigenvalue weighted by atomic mass is 16.5. The van der Waals surface area contributed by atoms with Gasteiger partial charge >= 0.3 is 6.09 Å². The molecule has 3 rings (SSSR count). The van der Waals surface area contributed by atoms with Gasteiger partial charge < -0.3 is 10.1 Å². The van der Waals surface area contributed by atoms with E-state index in [1.165, 1.54) is 5.56 Å². The maximum absolute atomic E-state index is 12.1. The largest absolute Gasteiger partial charge is 0.445 e. The van der Waals surface area contributed by atoms with Gasteiger partial charge in [-0.2, -0.15) is 0 Å². The number of likely N-dealkylation sites (tertiary alicyclic amines) is 1. The van der Waals surface area contributed by atoms with Gasteiger partial charge in [-0.25, -0.2) is 4.79 Å². The van der Waals surface area contributed by atoms with Crippen molar-refractivity contribution in [2.24, 2.45) is 0 Å². The highest BCUT2D eigenvalue weighted by Crippen LogP contribution is 2.30. The summed E-state index contributed by atoms with van der Waals surface area (Å²) in [6.45, 7) is 6.49. The fraction of sp³-hybridized carbons (Fsp3) is 0.381. The van der Waals surface area contributed by atoms with E-state index in [9.17, 15) is 4.79 Å². The Balaban J connectivity index is 1.51. The van der Waals surface area contributed by atoms with Crippen molar-refractivity contribution >= 4 is 6.09 Å². The Morgan fingerprint density at radius 1 is 1.08 bits per heavy atom. The van der Waals surface area contributed by atoms with Crippen molar-refractivity contribution in [1.29, 1.82) is 0 Å². The van der Waals surface area contributed by atoms with Crippen LogP contribution in [0.25, 0.3) is 0 Å². The van der Waals surface area contributed by atoms with E-state index in [1.807, 2.05) is 36.4 Å². The monoisotopic (exact) mass is 338 g/mol. The van der Waals surface area contributed by atoms with Gasteiger partial charge in [0.1, 0.15) is 6.61 Å². The van der Waals surface area contributed by atoms with Crippen molar-refractivity contribution in [3.63, 3.8) is 0 Å². The molecule has 0 saturated carbocycles. The van der Waals surface area contributed by atoms with Crippen LogP contribution in [0.1, 0.15) is 31.4 Å². The Labute approximate surface area is 149 Å². The molecule has 1 heterocycles. The number of rotatable bonds is 5. The van der Waals surface area contributed by atoms with Crippen LogP contribution in [-0.4, -0.2) is 29.1 Å². The average molecular weight is 338 g/mol. The minimum atomic E-state index is -0.341. The van der Waals surface area contributed by atoms with E-state index in [0.717, 1.165) is 25.1 Å². The number of nitrogens with zero attached hydrogens (tertiary/aromatic N) is 1. The molecule has 4 nitrogen and oxygen atoms in total. The van der Waals surface area contributed by atoms with Gasteiger partial charge in [0.05, 0.1) is 0 Å². The zero-order chi connectivity index (χ0) is 17.7. The average Bonchev–Trinajstić information content (AvgIpc) is 2.88. The highest BCUT2D eigenvalue weighted by molar-refractivity contribution is 5.67. The molecule has 1 fully saturated rings. The lowest BCUT2D eigenvalue weighted by atomic mass is 10.00. The van der Waals surface area contributed by atoms with E-state index in [1.54, 1.807) is 0 Å². The van der Waals surface area contributed by atoms with Crippen LogP contribution in [0.3, 0.4) is 0 Å². The van der Waals surface area contributed by atoms with E-state index < -0.39 is 0 Å². The zero-order valence-electron chi connectivity index (χ0n) is 14.9. The van der Waals surface area contributed by atoms with Crippen LogP contribution in [0.5, 0.6) is 0 Å². The van der Waals surface area contributed by atoms with Gasteiger partial charge in [-0.15, -0.1) is 0 Å². The van der Waals surface area contributed by atoms with E-state index in [-0.39, 0.29) is 17.7 Å². The molecule has 2 aromatic carbocycles. The Kier molecular flexibility index (Phi) is 5.39. The van der Waals surface area contributed by atoms with Crippen molar-refractivity contribution in [3.8, 4) is 0 Å². The van der Waals surface area contributed by atoms with Crippen molar-refractivity contribution in [3.05, 3.63) is 71.8 Å². The van der Waals surface area contributed by atoms with Gasteiger partial charge in [0.25, 0.3) is 0 Å². The lowest BCUT2D eigenvalue weighted by molar-refractivity contribution is 0.135. The van der Waals surface area contributed by atoms with Crippen molar-refractivity contribution < 1.29 is 9.53 Å². The number of nitrogens with one attached hydrogen (secondary N) is 1. The summed E-state index contributed by atoms with van der Waals surface area (Å²) in [6, 6.07) is 20.3. The molecule has 1 amide bonds. The fourth-order valence-corrected chi connectivity index (χ4v) is 3.42. The second-order valence-corrected chi connectivity index (χ2v) is 7.29.